The van der Waals surface area contributed by atoms with Gasteiger partial charge in [0.15, 0.2) is 0 Å². The second-order valence-electron chi connectivity index (χ2n) is 11.4. The maximum absolute atomic E-state index is 13.8. The number of hydrogen-bond acceptors (Lipinski definition) is 7. The van der Waals surface area contributed by atoms with Crippen LogP contribution in [0.1, 0.15) is 64.4 Å². The molecule has 0 spiro atoms. The van der Waals surface area contributed by atoms with Gasteiger partial charge in [0.2, 0.25) is 18.0 Å². The number of fused-ring (bicyclic) bond motifs is 2. The van der Waals surface area contributed by atoms with Crippen LogP contribution >= 0.6 is 19.4 Å². The summed E-state index contributed by atoms with van der Waals surface area (Å²) in [5.74, 6) is 0.399. The van der Waals surface area contributed by atoms with Crippen molar-refractivity contribution in [1.82, 2.24) is 20.1 Å². The van der Waals surface area contributed by atoms with E-state index < -0.39 is 20.1 Å². The summed E-state index contributed by atoms with van der Waals surface area (Å²) >= 11 is 1.32. The van der Waals surface area contributed by atoms with E-state index in [2.05, 4.69) is 10.3 Å². The summed E-state index contributed by atoms with van der Waals surface area (Å²) in [7, 11) is -0.668. The summed E-state index contributed by atoms with van der Waals surface area (Å²) in [6, 6.07) is 6.03. The minimum atomic E-state index is -2.29. The average molecular weight is 610 g/mol. The van der Waals surface area contributed by atoms with Crippen molar-refractivity contribution in [3.8, 4) is 5.75 Å². The van der Waals surface area contributed by atoms with Gasteiger partial charge in [0, 0.05) is 41.5 Å². The number of amides is 3. The topological polar surface area (TPSA) is 129 Å². The fraction of sp³-hybridized carbons (Fsp3) is 0.467. The number of nitrogens with one attached hydrogen (secondary N) is 1. The van der Waals surface area contributed by atoms with Gasteiger partial charge in [0.1, 0.15) is 17.8 Å². The van der Waals surface area contributed by atoms with Crippen molar-refractivity contribution in [3.63, 3.8) is 0 Å². The molecule has 2 aromatic heterocycles. The lowest BCUT2D eigenvalue weighted by molar-refractivity contribution is -0.148. The smallest absolute Gasteiger partial charge is 0.495 e. The summed E-state index contributed by atoms with van der Waals surface area (Å²) in [5.41, 5.74) is 2.85. The lowest BCUT2D eigenvalue weighted by atomic mass is 9.89. The van der Waals surface area contributed by atoms with E-state index in [4.69, 9.17) is 4.74 Å². The first-order chi connectivity index (χ1) is 20.2. The van der Waals surface area contributed by atoms with Crippen molar-refractivity contribution in [2.75, 3.05) is 20.2 Å². The maximum Gasteiger partial charge on any atom is 0.510 e. The van der Waals surface area contributed by atoms with Crippen LogP contribution in [0, 0.1) is 6.92 Å². The molecule has 0 saturated carbocycles. The van der Waals surface area contributed by atoms with Gasteiger partial charge in [-0.15, -0.1) is 11.3 Å². The van der Waals surface area contributed by atoms with E-state index in [1.54, 1.807) is 30.3 Å². The van der Waals surface area contributed by atoms with Crippen molar-refractivity contribution in [1.29, 1.82) is 0 Å². The van der Waals surface area contributed by atoms with E-state index >= 15 is 0 Å². The molecule has 42 heavy (non-hydrogen) atoms. The number of aromatic nitrogens is 1. The molecule has 1 aromatic carbocycles. The number of pyridine rings is 1. The highest BCUT2D eigenvalue weighted by molar-refractivity contribution is 7.37. The molecule has 0 bridgehead atoms. The third-order valence-corrected chi connectivity index (χ3v) is 10.6. The molecule has 3 aliphatic rings. The molecule has 4 atom stereocenters. The van der Waals surface area contributed by atoms with Gasteiger partial charge < -0.3 is 19.9 Å². The van der Waals surface area contributed by atoms with E-state index in [1.807, 2.05) is 30.2 Å². The molecule has 10 nitrogen and oxygen atoms in total. The SMILES string of the molecule is COc1cncc(C2CN(C(=O)[C@@H]3CC[C@@H]4CCC[C@H](NC(=O)c5cc6cc(C[P+](=O)O)ccc6s5)C(=O)N43)C2)c1C. The van der Waals surface area contributed by atoms with Gasteiger partial charge in [0.25, 0.3) is 5.91 Å². The molecule has 3 aliphatic heterocycles. The van der Waals surface area contributed by atoms with Crippen LogP contribution in [0.2, 0.25) is 0 Å². The van der Waals surface area contributed by atoms with Gasteiger partial charge in [-0.1, -0.05) is 6.07 Å². The molecule has 3 amide bonds. The lowest BCUT2D eigenvalue weighted by Gasteiger charge is -2.43. The standard InChI is InChI=1S/C30H33N4O6PS/c1-17-22(12-31-13-25(17)40-2)20-14-33(15-20)30(37)24-8-7-21-4-3-5-23(29(36)34(21)24)32-28(35)27-11-19-10-18(16-41(38)39)6-9-26(19)42-27/h6,9-13,20-21,23-24H,3-5,7-8,14-16H2,1-2H3,(H-,32,35,38,39)/p+1/t21-,23-,24-/m0/s1. The fourth-order valence-corrected chi connectivity index (χ4v) is 8.09. The van der Waals surface area contributed by atoms with Crippen LogP contribution in [0.3, 0.4) is 0 Å². The Morgan fingerprint density at radius 3 is 2.74 bits per heavy atom. The minimum Gasteiger partial charge on any atom is -0.495 e. The Kier molecular flexibility index (Phi) is 8.00. The molecule has 0 aliphatic carbocycles. The van der Waals surface area contributed by atoms with Crippen molar-refractivity contribution in [3.05, 3.63) is 58.2 Å². The monoisotopic (exact) mass is 609 g/mol. The van der Waals surface area contributed by atoms with Crippen LogP contribution in [0.15, 0.2) is 36.7 Å². The number of carbonyl (C=O) groups excluding carboxylic acids is 3. The summed E-state index contributed by atoms with van der Waals surface area (Å²) in [6.45, 7) is 3.17. The largest absolute Gasteiger partial charge is 0.510 e. The number of likely N-dealkylation sites (tertiary alicyclic amines) is 1. The van der Waals surface area contributed by atoms with Crippen LogP contribution in [0.4, 0.5) is 0 Å². The Balaban J connectivity index is 1.13. The van der Waals surface area contributed by atoms with E-state index in [0.29, 0.717) is 30.8 Å². The van der Waals surface area contributed by atoms with Crippen LogP contribution in [-0.4, -0.2) is 75.7 Å². The zero-order valence-corrected chi connectivity index (χ0v) is 25.3. The number of rotatable bonds is 7. The summed E-state index contributed by atoms with van der Waals surface area (Å²) in [4.78, 5) is 58.3. The number of hydrogen-bond donors (Lipinski definition) is 2. The highest BCUT2D eigenvalue weighted by Crippen LogP contribution is 2.37. The van der Waals surface area contributed by atoms with Gasteiger partial charge in [-0.05, 0) is 78.3 Å². The Morgan fingerprint density at radius 2 is 1.98 bits per heavy atom. The number of benzene rings is 1. The number of nitrogens with zero attached hydrogens (tertiary/aromatic N) is 3. The summed E-state index contributed by atoms with van der Waals surface area (Å²) in [6.07, 6.45) is 7.16. The first-order valence-corrected chi connectivity index (χ1v) is 16.5. The van der Waals surface area contributed by atoms with E-state index in [1.165, 1.54) is 11.3 Å². The molecule has 12 heteroatoms. The molecule has 3 fully saturated rings. The lowest BCUT2D eigenvalue weighted by Crippen LogP contribution is -2.58. The maximum atomic E-state index is 13.8. The quantitative estimate of drug-likeness (QED) is 0.386. The third-order valence-electron chi connectivity index (χ3n) is 8.86. The van der Waals surface area contributed by atoms with Gasteiger partial charge >= 0.3 is 8.03 Å². The van der Waals surface area contributed by atoms with Crippen molar-refractivity contribution >= 4 is 47.2 Å². The van der Waals surface area contributed by atoms with E-state index in [9.17, 15) is 23.8 Å². The Morgan fingerprint density at radius 1 is 1.17 bits per heavy atom. The fourth-order valence-electron chi connectivity index (χ4n) is 6.63. The molecule has 1 unspecified atom stereocenters. The second-order valence-corrected chi connectivity index (χ2v) is 13.5. The molecule has 5 heterocycles. The van der Waals surface area contributed by atoms with Gasteiger partial charge in [-0.3, -0.25) is 19.4 Å². The van der Waals surface area contributed by atoms with Crippen molar-refractivity contribution in [2.24, 2.45) is 0 Å². The Hall–Kier alpha value is -3.40. The molecule has 220 valence electrons. The zero-order chi connectivity index (χ0) is 29.5. The number of methoxy groups -OCH3 is 1. The second kappa shape index (κ2) is 11.7. The molecule has 3 aromatic rings. The normalized spacial score (nSPS) is 22.9. The first-order valence-electron chi connectivity index (χ1n) is 14.3. The number of carbonyl (C=O) groups is 3. The van der Waals surface area contributed by atoms with Crippen LogP contribution in [0.5, 0.6) is 5.75 Å². The predicted molar refractivity (Wildman–Crippen MR) is 159 cm³/mol. The molecular weight excluding hydrogens is 575 g/mol. The number of ether oxygens (including phenoxy) is 1. The average Bonchev–Trinajstić information content (AvgIpc) is 3.52. The van der Waals surface area contributed by atoms with Gasteiger partial charge in [-0.25, -0.2) is 0 Å². The van der Waals surface area contributed by atoms with Crippen molar-refractivity contribution < 1.29 is 28.6 Å². The van der Waals surface area contributed by atoms with E-state index in [-0.39, 0.29) is 35.8 Å². The predicted octanol–water partition coefficient (Wildman–Crippen LogP) is 4.12. The Labute approximate surface area is 248 Å². The van der Waals surface area contributed by atoms with Crippen LogP contribution < -0.4 is 10.1 Å². The molecule has 3 saturated heterocycles. The highest BCUT2D eigenvalue weighted by atomic mass is 32.1. The van der Waals surface area contributed by atoms with Crippen molar-refractivity contribution in [2.45, 2.75) is 69.2 Å². The van der Waals surface area contributed by atoms with E-state index in [0.717, 1.165) is 51.8 Å². The third kappa shape index (κ3) is 5.41. The van der Waals surface area contributed by atoms with Crippen LogP contribution in [0.25, 0.3) is 10.1 Å². The Bertz CT molecular complexity index is 1570. The van der Waals surface area contributed by atoms with Gasteiger partial charge in [0.05, 0.1) is 18.2 Å². The number of thiophene rings is 1. The highest BCUT2D eigenvalue weighted by Gasteiger charge is 2.47. The molecule has 0 radical (unpaired) electrons. The summed E-state index contributed by atoms with van der Waals surface area (Å²) in [5, 5.41) is 3.78. The molecule has 6 rings (SSSR count). The van der Waals surface area contributed by atoms with Gasteiger partial charge in [-0.2, -0.15) is 4.89 Å². The molecular formula is C30H34N4O6PS+. The van der Waals surface area contributed by atoms with Crippen LogP contribution in [-0.2, 0) is 20.3 Å². The minimum absolute atomic E-state index is 0.0102. The summed E-state index contributed by atoms with van der Waals surface area (Å²) < 4.78 is 17.5. The zero-order valence-electron chi connectivity index (χ0n) is 23.6. The molecule has 2 N–H and O–H groups in total. The first kappa shape index (κ1) is 28.7.